The number of nitrogens with one attached hydrogen (secondary N) is 1. The summed E-state index contributed by atoms with van der Waals surface area (Å²) in [7, 11) is 0. The molecular weight excluding hydrogens is 601 g/mol. The van der Waals surface area contributed by atoms with Gasteiger partial charge < -0.3 is 20.2 Å². The summed E-state index contributed by atoms with van der Waals surface area (Å²) >= 11 is 6.65. The summed E-state index contributed by atoms with van der Waals surface area (Å²) in [6, 6.07) is 15.3. The van der Waals surface area contributed by atoms with Crippen molar-refractivity contribution in [3.8, 4) is 16.9 Å². The first-order valence-corrected chi connectivity index (χ1v) is 13.0. The van der Waals surface area contributed by atoms with Crippen LogP contribution in [0.4, 0.5) is 24.5 Å². The third-order valence-corrected chi connectivity index (χ3v) is 7.29. The number of rotatable bonds is 8. The lowest BCUT2D eigenvalue weighted by molar-refractivity contribution is -0.384. The number of alkyl halides is 3. The molecule has 42 heavy (non-hydrogen) atoms. The Morgan fingerprint density at radius 3 is 2.52 bits per heavy atom. The number of hydrogen-bond donors (Lipinski definition) is 2. The van der Waals surface area contributed by atoms with E-state index in [4.69, 9.17) is 26.5 Å². The first-order chi connectivity index (χ1) is 19.9. The van der Waals surface area contributed by atoms with Gasteiger partial charge in [-0.15, -0.1) is 11.3 Å². The number of anilines is 1. The number of carbonyl (C=O) groups excluding carboxylic acids is 2. The van der Waals surface area contributed by atoms with Gasteiger partial charge in [-0.3, -0.25) is 19.7 Å². The smallest absolute Gasteiger partial charge is 0.433 e. The van der Waals surface area contributed by atoms with Crippen LogP contribution in [0.15, 0.2) is 71.1 Å². The number of ether oxygens (including phenoxy) is 1. The van der Waals surface area contributed by atoms with Crippen molar-refractivity contribution >= 4 is 56.3 Å². The maximum Gasteiger partial charge on any atom is 0.433 e. The molecule has 0 radical (unpaired) electrons. The van der Waals surface area contributed by atoms with Crippen LogP contribution in [0.2, 0.25) is 5.02 Å². The molecule has 0 saturated carbocycles. The van der Waals surface area contributed by atoms with E-state index < -0.39 is 28.6 Å². The maximum absolute atomic E-state index is 13.7. The molecule has 15 heteroatoms. The second kappa shape index (κ2) is 11.1. The van der Waals surface area contributed by atoms with Crippen molar-refractivity contribution in [2.75, 3.05) is 5.32 Å². The number of fused-ring (bicyclic) bond motifs is 1. The number of carbonyl (C=O) groups is 2. The number of hydrogen-bond acceptors (Lipinski definition) is 8. The molecule has 3 heterocycles. The fourth-order valence-corrected chi connectivity index (χ4v) is 5.18. The Kier molecular flexibility index (Phi) is 7.58. The SMILES string of the molecule is NC(=O)c1sc2nc(C(F)(F)F)cc(-c3ccccc3)c2c1NC(=O)c1ccc(COc2cc([N+](=O)[O-])ccc2Cl)o1. The zero-order valence-electron chi connectivity index (χ0n) is 20.9. The van der Waals surface area contributed by atoms with Crippen LogP contribution in [-0.2, 0) is 12.8 Å². The summed E-state index contributed by atoms with van der Waals surface area (Å²) in [6.07, 6.45) is -4.78. The van der Waals surface area contributed by atoms with Crippen LogP contribution in [-0.4, -0.2) is 21.7 Å². The molecule has 5 rings (SSSR count). The monoisotopic (exact) mass is 616 g/mol. The molecule has 2 amide bonds. The Bertz CT molecular complexity index is 1860. The number of halogens is 4. The first-order valence-electron chi connectivity index (χ1n) is 11.8. The highest BCUT2D eigenvalue weighted by Gasteiger charge is 2.35. The van der Waals surface area contributed by atoms with Crippen LogP contribution in [0, 0.1) is 10.1 Å². The van der Waals surface area contributed by atoms with Crippen molar-refractivity contribution in [1.82, 2.24) is 4.98 Å². The van der Waals surface area contributed by atoms with Gasteiger partial charge in [0.1, 0.15) is 33.5 Å². The summed E-state index contributed by atoms with van der Waals surface area (Å²) in [5.41, 5.74) is 4.45. The van der Waals surface area contributed by atoms with E-state index in [2.05, 4.69) is 10.3 Å². The van der Waals surface area contributed by atoms with Crippen molar-refractivity contribution in [3.63, 3.8) is 0 Å². The highest BCUT2D eigenvalue weighted by Crippen LogP contribution is 2.43. The molecule has 0 unspecified atom stereocenters. The van der Waals surface area contributed by atoms with Crippen molar-refractivity contribution in [2.24, 2.45) is 5.73 Å². The van der Waals surface area contributed by atoms with Gasteiger partial charge in [0.05, 0.1) is 21.7 Å². The van der Waals surface area contributed by atoms with E-state index in [1.54, 1.807) is 30.3 Å². The summed E-state index contributed by atoms with van der Waals surface area (Å²) in [4.78, 5) is 39.2. The summed E-state index contributed by atoms with van der Waals surface area (Å²) in [6.45, 7) is -0.246. The minimum Gasteiger partial charge on any atom is -0.484 e. The molecule has 0 aliphatic heterocycles. The van der Waals surface area contributed by atoms with Gasteiger partial charge in [-0.05, 0) is 35.4 Å². The van der Waals surface area contributed by atoms with Gasteiger partial charge >= 0.3 is 6.18 Å². The fourth-order valence-electron chi connectivity index (χ4n) is 4.00. The van der Waals surface area contributed by atoms with E-state index in [1.165, 1.54) is 24.3 Å². The van der Waals surface area contributed by atoms with E-state index >= 15 is 0 Å². The molecule has 2 aromatic carbocycles. The van der Waals surface area contributed by atoms with E-state index in [9.17, 15) is 32.9 Å². The molecule has 10 nitrogen and oxygen atoms in total. The minimum absolute atomic E-state index is 0.0169. The summed E-state index contributed by atoms with van der Waals surface area (Å²) < 4.78 is 52.1. The second-order valence-electron chi connectivity index (χ2n) is 8.65. The van der Waals surface area contributed by atoms with Gasteiger partial charge in [0, 0.05) is 11.5 Å². The number of pyridine rings is 1. The molecule has 214 valence electrons. The number of furan rings is 1. The Labute approximate surface area is 242 Å². The molecule has 0 saturated heterocycles. The Hall–Kier alpha value is -4.95. The number of nitrogens with two attached hydrogens (primary N) is 1. The number of nitro benzene ring substituents is 1. The number of amides is 2. The number of non-ortho nitro benzene ring substituents is 1. The molecule has 0 aliphatic rings. The van der Waals surface area contributed by atoms with Crippen molar-refractivity contribution < 1.29 is 36.8 Å². The zero-order valence-corrected chi connectivity index (χ0v) is 22.5. The average molecular weight is 617 g/mol. The predicted molar refractivity (Wildman–Crippen MR) is 148 cm³/mol. The number of primary amides is 1. The van der Waals surface area contributed by atoms with Crippen molar-refractivity contribution in [2.45, 2.75) is 12.8 Å². The van der Waals surface area contributed by atoms with E-state index in [0.717, 1.165) is 12.1 Å². The molecule has 0 spiro atoms. The Morgan fingerprint density at radius 2 is 1.86 bits per heavy atom. The van der Waals surface area contributed by atoms with Gasteiger partial charge in [-0.2, -0.15) is 13.2 Å². The average Bonchev–Trinajstić information content (AvgIpc) is 3.57. The Balaban J connectivity index is 1.48. The van der Waals surface area contributed by atoms with Crippen molar-refractivity contribution in [3.05, 3.63) is 104 Å². The minimum atomic E-state index is -4.78. The Morgan fingerprint density at radius 1 is 1.12 bits per heavy atom. The zero-order chi connectivity index (χ0) is 30.2. The molecule has 0 bridgehead atoms. The first kappa shape index (κ1) is 28.6. The van der Waals surface area contributed by atoms with Crippen LogP contribution < -0.4 is 15.8 Å². The van der Waals surface area contributed by atoms with E-state index in [0.29, 0.717) is 16.9 Å². The van der Waals surface area contributed by atoms with Crippen LogP contribution in [0.1, 0.15) is 31.7 Å². The number of aromatic nitrogens is 1. The number of benzene rings is 2. The van der Waals surface area contributed by atoms with Gasteiger partial charge in [0.25, 0.3) is 17.5 Å². The number of nitrogens with zero attached hydrogens (tertiary/aromatic N) is 2. The fraction of sp³-hybridized carbons (Fsp3) is 0.0741. The quantitative estimate of drug-likeness (QED) is 0.140. The highest BCUT2D eigenvalue weighted by molar-refractivity contribution is 7.21. The third kappa shape index (κ3) is 5.75. The van der Waals surface area contributed by atoms with Crippen LogP contribution in [0.3, 0.4) is 0 Å². The maximum atomic E-state index is 13.7. The summed E-state index contributed by atoms with van der Waals surface area (Å²) in [5.74, 6) is -1.88. The highest BCUT2D eigenvalue weighted by atomic mass is 35.5. The van der Waals surface area contributed by atoms with Gasteiger partial charge in [0.15, 0.2) is 5.76 Å². The topological polar surface area (TPSA) is 151 Å². The largest absolute Gasteiger partial charge is 0.484 e. The normalized spacial score (nSPS) is 11.4. The van der Waals surface area contributed by atoms with Crippen LogP contribution in [0.5, 0.6) is 5.75 Å². The van der Waals surface area contributed by atoms with E-state index in [-0.39, 0.29) is 60.9 Å². The number of nitro groups is 1. The van der Waals surface area contributed by atoms with Gasteiger partial charge in [0.2, 0.25) is 0 Å². The lowest BCUT2D eigenvalue weighted by Gasteiger charge is -2.12. The summed E-state index contributed by atoms with van der Waals surface area (Å²) in [5, 5.41) is 13.8. The lowest BCUT2D eigenvalue weighted by atomic mass is 10.0. The van der Waals surface area contributed by atoms with Crippen molar-refractivity contribution in [1.29, 1.82) is 0 Å². The molecule has 0 aliphatic carbocycles. The molecule has 0 fully saturated rings. The van der Waals surface area contributed by atoms with Gasteiger partial charge in [-0.1, -0.05) is 41.9 Å². The standard InChI is InChI=1S/C27H16ClF3N4O6S/c28-17-8-6-14(35(38)39)10-19(17)40-12-15-7-9-18(41-15)25(37)34-22-21-16(13-4-2-1-3-5-13)11-20(27(29,30)31)33-26(21)42-23(22)24(32)36/h1-11H,12H2,(H2,32,36)(H,34,37). The van der Waals surface area contributed by atoms with Gasteiger partial charge in [-0.25, -0.2) is 4.98 Å². The lowest BCUT2D eigenvalue weighted by Crippen LogP contribution is -2.16. The second-order valence-corrected chi connectivity index (χ2v) is 10.1. The molecule has 3 aromatic heterocycles. The predicted octanol–water partition coefficient (Wildman–Crippen LogP) is 7.07. The number of thiophene rings is 1. The van der Waals surface area contributed by atoms with E-state index in [1.807, 2.05) is 0 Å². The van der Waals surface area contributed by atoms with Crippen LogP contribution >= 0.6 is 22.9 Å². The van der Waals surface area contributed by atoms with Crippen LogP contribution in [0.25, 0.3) is 21.3 Å². The molecule has 0 atom stereocenters. The third-order valence-electron chi connectivity index (χ3n) is 5.88. The molecule has 5 aromatic rings. The molecule has 3 N–H and O–H groups in total. The molecular formula is C27H16ClF3N4O6S.